The van der Waals surface area contributed by atoms with Crippen molar-refractivity contribution in [3.05, 3.63) is 63.2 Å². The summed E-state index contributed by atoms with van der Waals surface area (Å²) in [6.07, 6.45) is 0. The number of carbonyl (C=O) groups excluding carboxylic acids is 1. The predicted molar refractivity (Wildman–Crippen MR) is 86.7 cm³/mol. The van der Waals surface area contributed by atoms with Gasteiger partial charge in [0.05, 0.1) is 17.6 Å². The van der Waals surface area contributed by atoms with E-state index < -0.39 is 10.9 Å². The molecule has 0 fully saturated rings. The molecule has 1 N–H and O–H groups in total. The van der Waals surface area contributed by atoms with Crippen LogP contribution in [0.4, 0.5) is 5.69 Å². The number of aromatic amines is 1. The monoisotopic (exact) mass is 330 g/mol. The first-order valence-electron chi connectivity index (χ1n) is 6.65. The van der Waals surface area contributed by atoms with Gasteiger partial charge in [0.2, 0.25) is 0 Å². The highest BCUT2D eigenvalue weighted by molar-refractivity contribution is 6.31. The summed E-state index contributed by atoms with van der Waals surface area (Å²) >= 11 is 5.93. The summed E-state index contributed by atoms with van der Waals surface area (Å²) in [7, 11) is 1.30. The molecule has 0 atom stereocenters. The molecule has 3 aromatic rings. The fourth-order valence-electron chi connectivity index (χ4n) is 2.48. The molecule has 7 heteroatoms. The van der Waals surface area contributed by atoms with Gasteiger partial charge >= 0.3 is 5.97 Å². The van der Waals surface area contributed by atoms with Crippen LogP contribution in [-0.4, -0.2) is 23.0 Å². The van der Waals surface area contributed by atoms with Gasteiger partial charge in [0, 0.05) is 27.7 Å². The van der Waals surface area contributed by atoms with Crippen molar-refractivity contribution in [1.82, 2.24) is 4.98 Å². The molecular weight excluding hydrogens is 320 g/mol. The van der Waals surface area contributed by atoms with E-state index in [-0.39, 0.29) is 10.7 Å². The quantitative estimate of drug-likeness (QED) is 0.443. The molecule has 0 saturated heterocycles. The van der Waals surface area contributed by atoms with Gasteiger partial charge in [-0.1, -0.05) is 29.8 Å². The molecule has 0 aliphatic heterocycles. The molecule has 0 saturated carbocycles. The zero-order valence-electron chi connectivity index (χ0n) is 12.0. The van der Waals surface area contributed by atoms with E-state index in [9.17, 15) is 14.9 Å². The molecule has 0 radical (unpaired) electrons. The van der Waals surface area contributed by atoms with E-state index in [2.05, 4.69) is 4.98 Å². The number of ether oxygens (including phenoxy) is 1. The number of H-pyrrole nitrogens is 1. The Morgan fingerprint density at radius 2 is 2.00 bits per heavy atom. The van der Waals surface area contributed by atoms with E-state index in [1.165, 1.54) is 13.2 Å². The number of non-ortho nitro benzene ring substituents is 1. The van der Waals surface area contributed by atoms with Crippen molar-refractivity contribution in [2.75, 3.05) is 7.11 Å². The lowest BCUT2D eigenvalue weighted by Gasteiger charge is -2.05. The first kappa shape index (κ1) is 15.1. The maximum Gasteiger partial charge on any atom is 0.338 e. The maximum absolute atomic E-state index is 11.9. The van der Waals surface area contributed by atoms with Gasteiger partial charge in [-0.15, -0.1) is 0 Å². The van der Waals surface area contributed by atoms with Crippen molar-refractivity contribution in [1.29, 1.82) is 0 Å². The molecule has 2 aromatic carbocycles. The number of nitro groups is 1. The van der Waals surface area contributed by atoms with Crippen LogP contribution in [0.15, 0.2) is 42.5 Å². The summed E-state index contributed by atoms with van der Waals surface area (Å²) in [6, 6.07) is 11.5. The normalized spacial score (nSPS) is 10.7. The van der Waals surface area contributed by atoms with Gasteiger partial charge in [0.15, 0.2) is 0 Å². The topological polar surface area (TPSA) is 85.2 Å². The summed E-state index contributed by atoms with van der Waals surface area (Å²) < 4.78 is 4.77. The molecule has 0 amide bonds. The molecule has 6 nitrogen and oxygen atoms in total. The molecule has 0 spiro atoms. The Morgan fingerprint density at radius 1 is 1.26 bits per heavy atom. The highest BCUT2D eigenvalue weighted by atomic mass is 35.5. The second kappa shape index (κ2) is 5.73. The van der Waals surface area contributed by atoms with Crippen molar-refractivity contribution >= 4 is 34.2 Å². The zero-order valence-corrected chi connectivity index (χ0v) is 12.8. The predicted octanol–water partition coefficient (Wildman–Crippen LogP) is 4.18. The Morgan fingerprint density at radius 3 is 2.70 bits per heavy atom. The average molecular weight is 331 g/mol. The van der Waals surface area contributed by atoms with Crippen molar-refractivity contribution in [2.24, 2.45) is 0 Å². The lowest BCUT2D eigenvalue weighted by atomic mass is 10.0. The largest absolute Gasteiger partial charge is 0.465 e. The second-order valence-corrected chi connectivity index (χ2v) is 5.30. The fourth-order valence-corrected chi connectivity index (χ4v) is 2.71. The first-order chi connectivity index (χ1) is 11.0. The van der Waals surface area contributed by atoms with Gasteiger partial charge in [0.25, 0.3) is 5.69 Å². The van der Waals surface area contributed by atoms with Crippen LogP contribution in [0.5, 0.6) is 0 Å². The molecule has 1 heterocycles. The van der Waals surface area contributed by atoms with Crippen LogP contribution in [0.3, 0.4) is 0 Å². The summed E-state index contributed by atoms with van der Waals surface area (Å²) in [4.78, 5) is 25.6. The Kier molecular flexibility index (Phi) is 3.75. The van der Waals surface area contributed by atoms with Gasteiger partial charge in [-0.05, 0) is 18.2 Å². The lowest BCUT2D eigenvalue weighted by Crippen LogP contribution is -2.03. The number of hydrogen-bond acceptors (Lipinski definition) is 4. The fraction of sp³-hybridized carbons (Fsp3) is 0.0625. The van der Waals surface area contributed by atoms with Crippen molar-refractivity contribution in [3.63, 3.8) is 0 Å². The first-order valence-corrected chi connectivity index (χ1v) is 7.03. The number of carbonyl (C=O) groups is 1. The number of nitro benzene ring substituents is 1. The minimum absolute atomic E-state index is 0.116. The van der Waals surface area contributed by atoms with Crippen LogP contribution in [0.2, 0.25) is 5.02 Å². The summed E-state index contributed by atoms with van der Waals surface area (Å²) in [5.74, 6) is -0.480. The van der Waals surface area contributed by atoms with Crippen LogP contribution in [0.25, 0.3) is 22.2 Å². The maximum atomic E-state index is 11.9. The molecule has 1 aromatic heterocycles. The number of fused-ring (bicyclic) bond motifs is 1. The Hall–Kier alpha value is -2.86. The van der Waals surface area contributed by atoms with Crippen LogP contribution in [-0.2, 0) is 4.74 Å². The third-order valence-corrected chi connectivity index (χ3v) is 3.71. The van der Waals surface area contributed by atoms with Crippen LogP contribution >= 0.6 is 11.6 Å². The summed E-state index contributed by atoms with van der Waals surface area (Å²) in [6.45, 7) is 0. The van der Waals surface area contributed by atoms with E-state index in [1.54, 1.807) is 36.4 Å². The SMILES string of the molecule is COC(=O)c1ccccc1-c1cc2cc(Cl)cc([N+](=O)[O-])c2[nH]1. The van der Waals surface area contributed by atoms with E-state index in [0.29, 0.717) is 27.7 Å². The number of halogens is 1. The number of aromatic nitrogens is 1. The van der Waals surface area contributed by atoms with Crippen molar-refractivity contribution in [3.8, 4) is 11.3 Å². The molecule has 0 aliphatic rings. The van der Waals surface area contributed by atoms with Gasteiger partial charge in [-0.2, -0.15) is 0 Å². The minimum Gasteiger partial charge on any atom is -0.465 e. The third-order valence-electron chi connectivity index (χ3n) is 3.49. The van der Waals surface area contributed by atoms with Crippen molar-refractivity contribution < 1.29 is 14.5 Å². The molecular formula is C16H11ClN2O4. The van der Waals surface area contributed by atoms with E-state index in [1.807, 2.05) is 0 Å². The third kappa shape index (κ3) is 2.64. The van der Waals surface area contributed by atoms with E-state index in [0.717, 1.165) is 0 Å². The standard InChI is InChI=1S/C16H11ClN2O4/c1-23-16(20)12-5-3-2-4-11(12)13-7-9-6-10(17)8-14(19(21)22)15(9)18-13/h2-8,18H,1H3. The molecule has 23 heavy (non-hydrogen) atoms. The van der Waals surface area contributed by atoms with E-state index >= 15 is 0 Å². The number of hydrogen-bond donors (Lipinski definition) is 1. The molecule has 0 aliphatic carbocycles. The van der Waals surface area contributed by atoms with Crippen LogP contribution in [0.1, 0.15) is 10.4 Å². The highest BCUT2D eigenvalue weighted by Gasteiger charge is 2.19. The highest BCUT2D eigenvalue weighted by Crippen LogP contribution is 2.34. The Bertz CT molecular complexity index is 933. The van der Waals surface area contributed by atoms with Gasteiger partial charge in [0.1, 0.15) is 5.52 Å². The van der Waals surface area contributed by atoms with Crippen LogP contribution < -0.4 is 0 Å². The molecule has 0 unspecified atom stereocenters. The number of methoxy groups -OCH3 is 1. The Labute approximate surface area is 135 Å². The lowest BCUT2D eigenvalue weighted by molar-refractivity contribution is -0.383. The summed E-state index contributed by atoms with van der Waals surface area (Å²) in [5.41, 5.74) is 1.78. The second-order valence-electron chi connectivity index (χ2n) is 4.87. The zero-order chi connectivity index (χ0) is 16.6. The smallest absolute Gasteiger partial charge is 0.338 e. The van der Waals surface area contributed by atoms with Gasteiger partial charge in [-0.25, -0.2) is 4.79 Å². The number of nitrogens with zero attached hydrogens (tertiary/aromatic N) is 1. The number of benzene rings is 2. The van der Waals surface area contributed by atoms with Gasteiger partial charge < -0.3 is 9.72 Å². The number of rotatable bonds is 3. The number of nitrogens with one attached hydrogen (secondary N) is 1. The molecule has 116 valence electrons. The van der Waals surface area contributed by atoms with E-state index in [4.69, 9.17) is 16.3 Å². The molecule has 3 rings (SSSR count). The van der Waals surface area contributed by atoms with Gasteiger partial charge in [-0.3, -0.25) is 10.1 Å². The molecule has 0 bridgehead atoms. The van der Waals surface area contributed by atoms with Crippen molar-refractivity contribution in [2.45, 2.75) is 0 Å². The van der Waals surface area contributed by atoms with Crippen LogP contribution in [0, 0.1) is 10.1 Å². The minimum atomic E-state index is -0.499. The average Bonchev–Trinajstić information content (AvgIpc) is 2.96. The Balaban J connectivity index is 2.25. The number of esters is 1. The summed E-state index contributed by atoms with van der Waals surface area (Å²) in [5, 5.41) is 12.1.